The predicted octanol–water partition coefficient (Wildman–Crippen LogP) is 2.31. The van der Waals surface area contributed by atoms with Crippen LogP contribution in [0.25, 0.3) is 0 Å². The van der Waals surface area contributed by atoms with E-state index in [9.17, 15) is 18.0 Å². The average Bonchev–Trinajstić information content (AvgIpc) is 3.08. The quantitative estimate of drug-likeness (QED) is 0.624. The molecule has 1 aliphatic rings. The summed E-state index contributed by atoms with van der Waals surface area (Å²) in [6.07, 6.45) is 0.517. The number of nitrogens with zero attached hydrogens (tertiary/aromatic N) is 1. The highest BCUT2D eigenvalue weighted by Crippen LogP contribution is 2.34. The highest BCUT2D eigenvalue weighted by molar-refractivity contribution is 7.89. The van der Waals surface area contributed by atoms with Gasteiger partial charge in [0, 0.05) is 37.7 Å². The zero-order valence-electron chi connectivity index (χ0n) is 18.5. The van der Waals surface area contributed by atoms with Gasteiger partial charge in [-0.15, -0.1) is 0 Å². The number of fused-ring (bicyclic) bond motifs is 1. The molecule has 10 heteroatoms. The lowest BCUT2D eigenvalue weighted by atomic mass is 10.1. The second kappa shape index (κ2) is 9.58. The lowest BCUT2D eigenvalue weighted by molar-refractivity contribution is -0.117. The Hall–Kier alpha value is -3.11. The fourth-order valence-electron chi connectivity index (χ4n) is 3.76. The highest BCUT2D eigenvalue weighted by atomic mass is 32.2. The van der Waals surface area contributed by atoms with E-state index >= 15 is 0 Å². The molecule has 0 aromatic heterocycles. The fourth-order valence-corrected chi connectivity index (χ4v) is 4.84. The Labute approximate surface area is 187 Å². The summed E-state index contributed by atoms with van der Waals surface area (Å²) in [6, 6.07) is 9.67. The van der Waals surface area contributed by atoms with E-state index in [0.717, 1.165) is 11.3 Å². The molecule has 1 heterocycles. The number of anilines is 2. The number of carbonyl (C=O) groups is 2. The van der Waals surface area contributed by atoms with Gasteiger partial charge in [-0.25, -0.2) is 13.1 Å². The molecule has 2 aromatic rings. The number of amides is 2. The van der Waals surface area contributed by atoms with Gasteiger partial charge in [-0.2, -0.15) is 0 Å². The Balaban J connectivity index is 1.62. The summed E-state index contributed by atoms with van der Waals surface area (Å²) >= 11 is 0. The second-order valence-electron chi connectivity index (χ2n) is 7.49. The summed E-state index contributed by atoms with van der Waals surface area (Å²) in [5.74, 6) is 0.561. The van der Waals surface area contributed by atoms with Gasteiger partial charge in [0.05, 0.1) is 24.8 Å². The van der Waals surface area contributed by atoms with E-state index in [1.54, 1.807) is 35.2 Å². The van der Waals surface area contributed by atoms with Crippen LogP contribution >= 0.6 is 0 Å². The average molecular weight is 462 g/mol. The van der Waals surface area contributed by atoms with E-state index in [1.165, 1.54) is 27.2 Å². The van der Waals surface area contributed by atoms with Crippen molar-refractivity contribution in [3.63, 3.8) is 0 Å². The molecule has 2 aromatic carbocycles. The first kappa shape index (κ1) is 23.6. The number of methoxy groups -OCH3 is 2. The van der Waals surface area contributed by atoms with Crippen LogP contribution in [0.2, 0.25) is 0 Å². The van der Waals surface area contributed by atoms with Crippen LogP contribution in [0.1, 0.15) is 25.8 Å². The summed E-state index contributed by atoms with van der Waals surface area (Å²) in [6.45, 7) is 3.33. The molecule has 0 radical (unpaired) electrons. The number of sulfonamides is 1. The van der Waals surface area contributed by atoms with Crippen LogP contribution in [0.5, 0.6) is 11.5 Å². The van der Waals surface area contributed by atoms with Crippen molar-refractivity contribution in [3.05, 3.63) is 42.0 Å². The van der Waals surface area contributed by atoms with Crippen LogP contribution in [0.3, 0.4) is 0 Å². The van der Waals surface area contributed by atoms with Gasteiger partial charge in [-0.3, -0.25) is 9.59 Å². The van der Waals surface area contributed by atoms with Gasteiger partial charge in [0.1, 0.15) is 11.5 Å². The summed E-state index contributed by atoms with van der Waals surface area (Å²) < 4.78 is 38.2. The first-order valence-electron chi connectivity index (χ1n) is 10.1. The summed E-state index contributed by atoms with van der Waals surface area (Å²) in [5.41, 5.74) is 1.97. The molecule has 0 saturated heterocycles. The van der Waals surface area contributed by atoms with Crippen molar-refractivity contribution in [1.29, 1.82) is 0 Å². The van der Waals surface area contributed by atoms with Gasteiger partial charge < -0.3 is 19.7 Å². The molecule has 0 unspecified atom stereocenters. The van der Waals surface area contributed by atoms with Gasteiger partial charge in [0.25, 0.3) is 0 Å². The Bertz CT molecular complexity index is 1130. The molecule has 0 spiro atoms. The van der Waals surface area contributed by atoms with Crippen LogP contribution < -0.4 is 24.4 Å². The SMILES string of the molecule is COc1ccc(OC)c(NC(=O)CCNS(=O)(=O)c2ccc3c(c2)C[C@H](C)N3C(C)=O)c1. The number of nitrogens with one attached hydrogen (secondary N) is 2. The van der Waals surface area contributed by atoms with Crippen LogP contribution in [0, 0.1) is 0 Å². The van der Waals surface area contributed by atoms with E-state index in [4.69, 9.17) is 9.47 Å². The van der Waals surface area contributed by atoms with E-state index in [1.807, 2.05) is 6.92 Å². The molecule has 1 atom stereocenters. The van der Waals surface area contributed by atoms with Crippen molar-refractivity contribution >= 4 is 33.2 Å². The van der Waals surface area contributed by atoms with E-state index < -0.39 is 10.0 Å². The zero-order valence-corrected chi connectivity index (χ0v) is 19.3. The summed E-state index contributed by atoms with van der Waals surface area (Å²) in [7, 11) is -0.809. The molecule has 0 bridgehead atoms. The molecule has 1 aliphatic heterocycles. The number of carbonyl (C=O) groups excluding carboxylic acids is 2. The number of hydrogen-bond acceptors (Lipinski definition) is 6. The fraction of sp³-hybridized carbons (Fsp3) is 0.364. The maximum Gasteiger partial charge on any atom is 0.240 e. The number of benzene rings is 2. The van der Waals surface area contributed by atoms with E-state index in [0.29, 0.717) is 23.6 Å². The molecule has 0 saturated carbocycles. The third-order valence-corrected chi connectivity index (χ3v) is 6.70. The first-order valence-corrected chi connectivity index (χ1v) is 11.6. The summed E-state index contributed by atoms with van der Waals surface area (Å²) in [4.78, 5) is 25.9. The minimum Gasteiger partial charge on any atom is -0.497 e. The lowest BCUT2D eigenvalue weighted by Gasteiger charge is -2.20. The maximum atomic E-state index is 12.7. The lowest BCUT2D eigenvalue weighted by Crippen LogP contribution is -2.33. The molecular formula is C22H27N3O6S. The Kier molecular flexibility index (Phi) is 7.05. The topological polar surface area (TPSA) is 114 Å². The van der Waals surface area contributed by atoms with Gasteiger partial charge >= 0.3 is 0 Å². The van der Waals surface area contributed by atoms with Crippen molar-refractivity contribution in [3.8, 4) is 11.5 Å². The molecule has 2 amide bonds. The molecule has 9 nitrogen and oxygen atoms in total. The van der Waals surface area contributed by atoms with Crippen LogP contribution in [-0.2, 0) is 26.0 Å². The molecule has 0 aliphatic carbocycles. The van der Waals surface area contributed by atoms with Crippen molar-refractivity contribution in [2.75, 3.05) is 31.0 Å². The van der Waals surface area contributed by atoms with Gasteiger partial charge in [0.15, 0.2) is 0 Å². The minimum atomic E-state index is -3.81. The number of hydrogen-bond donors (Lipinski definition) is 2. The van der Waals surface area contributed by atoms with Crippen molar-refractivity contribution in [2.24, 2.45) is 0 Å². The van der Waals surface area contributed by atoms with Crippen LogP contribution in [0.15, 0.2) is 41.3 Å². The van der Waals surface area contributed by atoms with Crippen LogP contribution in [-0.4, -0.2) is 47.0 Å². The molecule has 3 rings (SSSR count). The smallest absolute Gasteiger partial charge is 0.240 e. The summed E-state index contributed by atoms with van der Waals surface area (Å²) in [5, 5.41) is 2.70. The minimum absolute atomic E-state index is 0.0225. The third kappa shape index (κ3) is 5.03. The largest absolute Gasteiger partial charge is 0.497 e. The normalized spacial score (nSPS) is 15.2. The zero-order chi connectivity index (χ0) is 23.5. The van der Waals surface area contributed by atoms with Crippen molar-refractivity contribution in [2.45, 2.75) is 37.6 Å². The third-order valence-electron chi connectivity index (χ3n) is 5.24. The monoisotopic (exact) mass is 461 g/mol. The number of ether oxygens (including phenoxy) is 2. The van der Waals surface area contributed by atoms with Crippen molar-refractivity contribution < 1.29 is 27.5 Å². The maximum absolute atomic E-state index is 12.7. The van der Waals surface area contributed by atoms with Gasteiger partial charge in [-0.1, -0.05) is 0 Å². The first-order chi connectivity index (χ1) is 15.2. The molecule has 2 N–H and O–H groups in total. The molecule has 0 fully saturated rings. The van der Waals surface area contributed by atoms with Gasteiger partial charge in [0.2, 0.25) is 21.8 Å². The Morgan fingerprint density at radius 2 is 1.88 bits per heavy atom. The molecule has 172 valence electrons. The Morgan fingerprint density at radius 1 is 1.12 bits per heavy atom. The predicted molar refractivity (Wildman–Crippen MR) is 121 cm³/mol. The Morgan fingerprint density at radius 3 is 2.53 bits per heavy atom. The number of rotatable bonds is 8. The van der Waals surface area contributed by atoms with Crippen LogP contribution in [0.4, 0.5) is 11.4 Å². The molecule has 32 heavy (non-hydrogen) atoms. The molecular weight excluding hydrogens is 434 g/mol. The second-order valence-corrected chi connectivity index (χ2v) is 9.26. The van der Waals surface area contributed by atoms with E-state index in [-0.39, 0.29) is 35.7 Å². The van der Waals surface area contributed by atoms with Crippen molar-refractivity contribution in [1.82, 2.24) is 4.72 Å². The standard InChI is InChI=1S/C22H27N3O6S/c1-14-11-16-12-18(6-7-20(16)25(14)15(2)26)32(28,29)23-10-9-22(27)24-19-13-17(30-3)5-8-21(19)31-4/h5-8,12-14,23H,9-11H2,1-4H3,(H,24,27)/t14-/m0/s1. The highest BCUT2D eigenvalue weighted by Gasteiger charge is 2.30. The van der Waals surface area contributed by atoms with E-state index in [2.05, 4.69) is 10.0 Å². The van der Waals surface area contributed by atoms with Gasteiger partial charge in [-0.05, 0) is 49.2 Å².